The number of ether oxygens (including phenoxy) is 1. The summed E-state index contributed by atoms with van der Waals surface area (Å²) in [5.74, 6) is -0.179. The van der Waals surface area contributed by atoms with Crippen molar-refractivity contribution < 1.29 is 9.53 Å². The highest BCUT2D eigenvalue weighted by molar-refractivity contribution is 5.92. The molecule has 3 heterocycles. The zero-order chi connectivity index (χ0) is 18.5. The lowest BCUT2D eigenvalue weighted by atomic mass is 10.1. The molecule has 0 bridgehead atoms. The molecule has 1 amide bonds. The Morgan fingerprint density at radius 1 is 1.42 bits per heavy atom. The molecule has 2 aromatic heterocycles. The minimum Gasteiger partial charge on any atom is -0.366 e. The Balaban J connectivity index is 1.60. The number of nitrogens with zero attached hydrogens (tertiary/aromatic N) is 4. The monoisotopic (exact) mass is 357 g/mol. The first-order valence-electron chi connectivity index (χ1n) is 8.43. The maximum atomic E-state index is 11.0. The molecule has 0 aromatic carbocycles. The molecule has 26 heavy (non-hydrogen) atoms. The van der Waals surface area contributed by atoms with E-state index < -0.39 is 5.91 Å². The van der Waals surface area contributed by atoms with Gasteiger partial charge in [0.1, 0.15) is 6.23 Å². The van der Waals surface area contributed by atoms with Crippen LogP contribution in [0.4, 0.5) is 11.6 Å². The van der Waals surface area contributed by atoms with Crippen molar-refractivity contribution in [3.8, 4) is 0 Å². The van der Waals surface area contributed by atoms with Gasteiger partial charge in [0.25, 0.3) is 5.91 Å². The second kappa shape index (κ2) is 8.07. The van der Waals surface area contributed by atoms with Gasteiger partial charge in [0.2, 0.25) is 5.95 Å². The van der Waals surface area contributed by atoms with Gasteiger partial charge in [-0.2, -0.15) is 5.10 Å². The summed E-state index contributed by atoms with van der Waals surface area (Å²) in [4.78, 5) is 19.2. The number of aromatic nitrogens is 4. The van der Waals surface area contributed by atoms with Crippen molar-refractivity contribution in [3.63, 3.8) is 0 Å². The van der Waals surface area contributed by atoms with Crippen molar-refractivity contribution in [2.75, 3.05) is 18.5 Å². The number of amides is 1. The van der Waals surface area contributed by atoms with Crippen molar-refractivity contribution >= 4 is 17.5 Å². The summed E-state index contributed by atoms with van der Waals surface area (Å²) >= 11 is 0. The van der Waals surface area contributed by atoms with Crippen LogP contribution in [-0.2, 0) is 4.74 Å². The Hall–Kier alpha value is -2.78. The molecule has 9 nitrogen and oxygen atoms in total. The molecule has 0 radical (unpaired) electrons. The number of carbonyl (C=O) groups is 1. The number of anilines is 2. The van der Waals surface area contributed by atoms with Crippen LogP contribution in [0.2, 0.25) is 0 Å². The predicted octanol–water partition coefficient (Wildman–Crippen LogP) is 1.36. The van der Waals surface area contributed by atoms with Gasteiger partial charge in [-0.25, -0.2) is 9.97 Å². The third-order valence-corrected chi connectivity index (χ3v) is 4.06. The van der Waals surface area contributed by atoms with Crippen LogP contribution in [0.25, 0.3) is 0 Å². The molecule has 1 fully saturated rings. The summed E-state index contributed by atoms with van der Waals surface area (Å²) in [6.45, 7) is 7.29. The van der Waals surface area contributed by atoms with Gasteiger partial charge in [-0.3, -0.25) is 14.8 Å². The van der Waals surface area contributed by atoms with Gasteiger partial charge in [0, 0.05) is 31.6 Å². The lowest BCUT2D eigenvalue weighted by Gasteiger charge is -2.30. The summed E-state index contributed by atoms with van der Waals surface area (Å²) in [6, 6.07) is 0.250. The SMILES string of the molecule is C=C(C)CNC1CC(n2cc(Nc3ncc(C(N)=O)cn3)cn2)CCO1. The molecule has 2 aromatic rings. The average molecular weight is 357 g/mol. The number of nitrogens with two attached hydrogens (primary N) is 1. The van der Waals surface area contributed by atoms with Gasteiger partial charge >= 0.3 is 0 Å². The Labute approximate surface area is 151 Å². The average Bonchev–Trinajstić information content (AvgIpc) is 3.09. The van der Waals surface area contributed by atoms with E-state index in [0.717, 1.165) is 30.6 Å². The number of carbonyl (C=O) groups excluding carboxylic acids is 1. The van der Waals surface area contributed by atoms with Crippen molar-refractivity contribution in [1.82, 2.24) is 25.1 Å². The fourth-order valence-corrected chi connectivity index (χ4v) is 2.70. The largest absolute Gasteiger partial charge is 0.366 e. The molecule has 1 saturated heterocycles. The summed E-state index contributed by atoms with van der Waals surface area (Å²) in [6.07, 6.45) is 8.13. The van der Waals surface area contributed by atoms with E-state index in [4.69, 9.17) is 10.5 Å². The zero-order valence-corrected chi connectivity index (χ0v) is 14.7. The summed E-state index contributed by atoms with van der Waals surface area (Å²) < 4.78 is 7.67. The van der Waals surface area contributed by atoms with Crippen LogP contribution in [-0.4, -0.2) is 45.0 Å². The van der Waals surface area contributed by atoms with Crippen molar-refractivity contribution in [2.45, 2.75) is 32.0 Å². The number of hydrogen-bond donors (Lipinski definition) is 3. The van der Waals surface area contributed by atoms with Gasteiger partial charge in [-0.05, 0) is 13.3 Å². The predicted molar refractivity (Wildman–Crippen MR) is 96.9 cm³/mol. The fourth-order valence-electron chi connectivity index (χ4n) is 2.70. The van der Waals surface area contributed by atoms with Crippen LogP contribution < -0.4 is 16.4 Å². The first kappa shape index (κ1) is 18.0. The molecule has 0 spiro atoms. The Bertz CT molecular complexity index is 772. The Morgan fingerprint density at radius 3 is 2.88 bits per heavy atom. The molecule has 2 unspecified atom stereocenters. The lowest BCUT2D eigenvalue weighted by Crippen LogP contribution is -2.39. The summed E-state index contributed by atoms with van der Waals surface area (Å²) in [5.41, 5.74) is 7.29. The van der Waals surface area contributed by atoms with E-state index in [1.165, 1.54) is 12.4 Å². The van der Waals surface area contributed by atoms with Gasteiger partial charge < -0.3 is 15.8 Å². The molecular formula is C17H23N7O2. The maximum absolute atomic E-state index is 11.0. The fraction of sp³-hybridized carbons (Fsp3) is 0.412. The topological polar surface area (TPSA) is 120 Å². The maximum Gasteiger partial charge on any atom is 0.251 e. The minimum absolute atomic E-state index is 0.00395. The zero-order valence-electron chi connectivity index (χ0n) is 14.7. The molecule has 9 heteroatoms. The van der Waals surface area contributed by atoms with Crippen LogP contribution in [0.15, 0.2) is 36.9 Å². The second-order valence-corrected chi connectivity index (χ2v) is 6.37. The van der Waals surface area contributed by atoms with E-state index in [-0.39, 0.29) is 17.8 Å². The molecule has 1 aliphatic rings. The molecule has 0 saturated carbocycles. The van der Waals surface area contributed by atoms with E-state index >= 15 is 0 Å². The molecule has 2 atom stereocenters. The molecular weight excluding hydrogens is 334 g/mol. The Morgan fingerprint density at radius 2 is 2.19 bits per heavy atom. The quantitative estimate of drug-likeness (QED) is 0.640. The summed E-state index contributed by atoms with van der Waals surface area (Å²) in [7, 11) is 0. The molecule has 0 aliphatic carbocycles. The molecule has 3 rings (SSSR count). The number of rotatable bonds is 7. The van der Waals surface area contributed by atoms with E-state index in [1.54, 1.807) is 6.20 Å². The first-order valence-corrected chi connectivity index (χ1v) is 8.43. The van der Waals surface area contributed by atoms with Crippen LogP contribution in [0.5, 0.6) is 0 Å². The normalized spacial score (nSPS) is 19.9. The molecule has 138 valence electrons. The highest BCUT2D eigenvalue weighted by Gasteiger charge is 2.24. The van der Waals surface area contributed by atoms with Crippen LogP contribution >= 0.6 is 0 Å². The van der Waals surface area contributed by atoms with Crippen molar-refractivity contribution in [3.05, 3.63) is 42.5 Å². The highest BCUT2D eigenvalue weighted by atomic mass is 16.5. The molecule has 4 N–H and O–H groups in total. The van der Waals surface area contributed by atoms with Gasteiger partial charge in [0.15, 0.2) is 0 Å². The minimum atomic E-state index is -0.557. The standard InChI is InChI=1S/C17H23N7O2/c1-11(2)6-19-15-5-14(3-4-26-15)24-10-13(9-22-24)23-17-20-7-12(8-21-17)16(18)25/h7-10,14-15,19H,1,3-6H2,2H3,(H2,18,25)(H,20,21,23). The molecule has 1 aliphatic heterocycles. The number of hydrogen-bond acceptors (Lipinski definition) is 7. The third kappa shape index (κ3) is 4.64. The van der Waals surface area contributed by atoms with Gasteiger partial charge in [-0.1, -0.05) is 12.2 Å². The van der Waals surface area contributed by atoms with Gasteiger partial charge in [-0.15, -0.1) is 0 Å². The van der Waals surface area contributed by atoms with Crippen molar-refractivity contribution in [2.24, 2.45) is 5.73 Å². The number of primary amides is 1. The van der Waals surface area contributed by atoms with E-state index in [1.807, 2.05) is 17.8 Å². The number of nitrogens with one attached hydrogen (secondary N) is 2. The van der Waals surface area contributed by atoms with E-state index in [9.17, 15) is 4.79 Å². The first-order chi connectivity index (χ1) is 12.5. The van der Waals surface area contributed by atoms with E-state index in [0.29, 0.717) is 12.6 Å². The smallest absolute Gasteiger partial charge is 0.251 e. The second-order valence-electron chi connectivity index (χ2n) is 6.37. The van der Waals surface area contributed by atoms with Crippen LogP contribution in [0, 0.1) is 0 Å². The lowest BCUT2D eigenvalue weighted by molar-refractivity contribution is -0.0254. The van der Waals surface area contributed by atoms with Crippen molar-refractivity contribution in [1.29, 1.82) is 0 Å². The summed E-state index contributed by atoms with van der Waals surface area (Å²) in [5, 5.41) is 10.8. The highest BCUT2D eigenvalue weighted by Crippen LogP contribution is 2.25. The van der Waals surface area contributed by atoms with E-state index in [2.05, 4.69) is 32.3 Å². The van der Waals surface area contributed by atoms with Gasteiger partial charge in [0.05, 0.1) is 30.1 Å². The van der Waals surface area contributed by atoms with Crippen LogP contribution in [0.3, 0.4) is 0 Å². The Kier molecular flexibility index (Phi) is 5.59. The third-order valence-electron chi connectivity index (χ3n) is 4.06. The van der Waals surface area contributed by atoms with Crippen LogP contribution in [0.1, 0.15) is 36.2 Å².